The van der Waals surface area contributed by atoms with Crippen LogP contribution in [0.1, 0.15) is 13.8 Å². The molecule has 0 spiro atoms. The molecular formula is C9H16N4O4. The lowest BCUT2D eigenvalue weighted by atomic mass is 10.0. The standard InChI is InChI=1S/C9H16N4O4/c1-4(2)6-7(14)11-9(17)13(6)3-5(12-10)8(15)16/h4-6,12H,3,10H2,1-2H3,(H,15,16)(H,11,14,17). The van der Waals surface area contributed by atoms with Crippen molar-refractivity contribution in [2.75, 3.05) is 6.54 Å². The lowest BCUT2D eigenvalue weighted by Gasteiger charge is -2.26. The average molecular weight is 244 g/mol. The number of urea groups is 1. The van der Waals surface area contributed by atoms with Gasteiger partial charge in [-0.1, -0.05) is 13.8 Å². The van der Waals surface area contributed by atoms with Crippen LogP contribution in [0.2, 0.25) is 0 Å². The number of aliphatic carboxylic acids is 1. The van der Waals surface area contributed by atoms with Crippen LogP contribution >= 0.6 is 0 Å². The number of hydrogen-bond donors (Lipinski definition) is 4. The van der Waals surface area contributed by atoms with Crippen LogP contribution in [-0.2, 0) is 9.59 Å². The van der Waals surface area contributed by atoms with E-state index in [1.54, 1.807) is 13.8 Å². The highest BCUT2D eigenvalue weighted by atomic mass is 16.4. The van der Waals surface area contributed by atoms with Crippen LogP contribution in [0.4, 0.5) is 4.79 Å². The number of hydrazine groups is 1. The predicted octanol–water partition coefficient (Wildman–Crippen LogP) is -1.52. The molecule has 96 valence electrons. The summed E-state index contributed by atoms with van der Waals surface area (Å²) in [5, 5.41) is 11.0. The van der Waals surface area contributed by atoms with Crippen molar-refractivity contribution < 1.29 is 19.5 Å². The van der Waals surface area contributed by atoms with Crippen molar-refractivity contribution in [1.82, 2.24) is 15.6 Å². The highest BCUT2D eigenvalue weighted by Gasteiger charge is 2.41. The Balaban J connectivity index is 2.83. The first-order valence-electron chi connectivity index (χ1n) is 5.18. The van der Waals surface area contributed by atoms with Crippen molar-refractivity contribution in [2.45, 2.75) is 25.9 Å². The van der Waals surface area contributed by atoms with E-state index >= 15 is 0 Å². The summed E-state index contributed by atoms with van der Waals surface area (Å²) in [6.45, 7) is 3.40. The van der Waals surface area contributed by atoms with Crippen LogP contribution in [0.15, 0.2) is 0 Å². The highest BCUT2D eigenvalue weighted by molar-refractivity contribution is 6.04. The van der Waals surface area contributed by atoms with Crippen molar-refractivity contribution in [1.29, 1.82) is 0 Å². The fourth-order valence-electron chi connectivity index (χ4n) is 1.78. The number of nitrogens with zero attached hydrogens (tertiary/aromatic N) is 1. The Morgan fingerprint density at radius 1 is 1.59 bits per heavy atom. The molecule has 17 heavy (non-hydrogen) atoms. The molecule has 0 aliphatic carbocycles. The molecule has 5 N–H and O–H groups in total. The summed E-state index contributed by atoms with van der Waals surface area (Å²) in [6, 6.07) is -2.35. The van der Waals surface area contributed by atoms with E-state index in [9.17, 15) is 14.4 Å². The van der Waals surface area contributed by atoms with Gasteiger partial charge in [-0.15, -0.1) is 0 Å². The number of carboxylic acid groups (broad SMARTS) is 1. The Hall–Kier alpha value is -1.67. The summed E-state index contributed by atoms with van der Waals surface area (Å²) in [6.07, 6.45) is 0. The van der Waals surface area contributed by atoms with Gasteiger partial charge in [0, 0.05) is 0 Å². The van der Waals surface area contributed by atoms with Crippen LogP contribution in [0.25, 0.3) is 0 Å². The van der Waals surface area contributed by atoms with Gasteiger partial charge in [0.25, 0.3) is 5.91 Å². The van der Waals surface area contributed by atoms with E-state index in [0.717, 1.165) is 0 Å². The Kier molecular flexibility index (Phi) is 4.02. The monoisotopic (exact) mass is 244 g/mol. The molecule has 1 aliphatic rings. The number of nitrogens with two attached hydrogens (primary N) is 1. The third-order valence-corrected chi connectivity index (χ3v) is 2.61. The Morgan fingerprint density at radius 3 is 2.59 bits per heavy atom. The Labute approximate surface area is 98.1 Å². The van der Waals surface area contributed by atoms with Crippen LogP contribution in [-0.4, -0.2) is 46.5 Å². The number of carbonyl (C=O) groups is 3. The fourth-order valence-corrected chi connectivity index (χ4v) is 1.78. The summed E-state index contributed by atoms with van der Waals surface area (Å²) >= 11 is 0. The maximum atomic E-state index is 11.5. The molecule has 8 heteroatoms. The van der Waals surface area contributed by atoms with Gasteiger partial charge in [-0.2, -0.15) is 0 Å². The third-order valence-electron chi connectivity index (χ3n) is 2.61. The van der Waals surface area contributed by atoms with Crippen LogP contribution in [0.3, 0.4) is 0 Å². The number of rotatable bonds is 5. The molecule has 0 bridgehead atoms. The molecule has 0 saturated carbocycles. The smallest absolute Gasteiger partial charge is 0.324 e. The molecule has 1 saturated heterocycles. The topological polar surface area (TPSA) is 125 Å². The minimum absolute atomic E-state index is 0.103. The molecule has 0 aromatic carbocycles. The molecule has 2 unspecified atom stereocenters. The summed E-state index contributed by atoms with van der Waals surface area (Å²) in [5.74, 6) is 3.39. The molecule has 1 fully saturated rings. The lowest BCUT2D eigenvalue weighted by Crippen LogP contribution is -2.52. The van der Waals surface area contributed by atoms with Crippen LogP contribution in [0, 0.1) is 5.92 Å². The maximum absolute atomic E-state index is 11.5. The van der Waals surface area contributed by atoms with Gasteiger partial charge in [-0.05, 0) is 5.92 Å². The highest BCUT2D eigenvalue weighted by Crippen LogP contribution is 2.17. The molecule has 0 aromatic rings. The Morgan fingerprint density at radius 2 is 2.18 bits per heavy atom. The Bertz CT molecular complexity index is 344. The number of amides is 3. The maximum Gasteiger partial charge on any atom is 0.324 e. The molecule has 0 aromatic heterocycles. The van der Waals surface area contributed by atoms with E-state index < -0.39 is 30.0 Å². The lowest BCUT2D eigenvalue weighted by molar-refractivity contribution is -0.140. The zero-order valence-corrected chi connectivity index (χ0v) is 9.64. The minimum Gasteiger partial charge on any atom is -0.480 e. The number of imide groups is 1. The van der Waals surface area contributed by atoms with Crippen LogP contribution in [0.5, 0.6) is 0 Å². The minimum atomic E-state index is -1.18. The van der Waals surface area contributed by atoms with E-state index in [4.69, 9.17) is 10.9 Å². The molecular weight excluding hydrogens is 228 g/mol. The van der Waals surface area contributed by atoms with Gasteiger partial charge in [0.05, 0.1) is 6.54 Å². The summed E-state index contributed by atoms with van der Waals surface area (Å²) in [4.78, 5) is 35.0. The van der Waals surface area contributed by atoms with Gasteiger partial charge in [-0.3, -0.25) is 20.7 Å². The second-order valence-electron chi connectivity index (χ2n) is 4.19. The fraction of sp³-hybridized carbons (Fsp3) is 0.667. The summed E-state index contributed by atoms with van der Waals surface area (Å²) in [5.41, 5.74) is 2.09. The molecule has 0 radical (unpaired) electrons. The summed E-state index contributed by atoms with van der Waals surface area (Å²) < 4.78 is 0. The van der Waals surface area contributed by atoms with Crippen molar-refractivity contribution in [3.8, 4) is 0 Å². The first-order valence-corrected chi connectivity index (χ1v) is 5.18. The molecule has 8 nitrogen and oxygen atoms in total. The van der Waals surface area contributed by atoms with Crippen molar-refractivity contribution in [3.63, 3.8) is 0 Å². The second kappa shape index (κ2) is 5.11. The third kappa shape index (κ3) is 2.71. The van der Waals surface area contributed by atoms with Crippen LogP contribution < -0.4 is 16.6 Å². The SMILES string of the molecule is CC(C)C1C(=O)NC(=O)N1CC(NN)C(=O)O. The van der Waals surface area contributed by atoms with Crippen molar-refractivity contribution in [3.05, 3.63) is 0 Å². The molecule has 1 rings (SSSR count). The van der Waals surface area contributed by atoms with Gasteiger partial charge in [0.2, 0.25) is 0 Å². The molecule has 3 amide bonds. The first kappa shape index (κ1) is 13.4. The number of carbonyl (C=O) groups excluding carboxylic acids is 2. The second-order valence-corrected chi connectivity index (χ2v) is 4.19. The van der Waals surface area contributed by atoms with E-state index in [-0.39, 0.29) is 12.5 Å². The van der Waals surface area contributed by atoms with Crippen molar-refractivity contribution in [2.24, 2.45) is 11.8 Å². The normalized spacial score (nSPS) is 21.9. The zero-order valence-electron chi connectivity index (χ0n) is 9.64. The van der Waals surface area contributed by atoms with E-state index in [1.165, 1.54) is 4.90 Å². The van der Waals surface area contributed by atoms with Gasteiger partial charge < -0.3 is 10.0 Å². The van der Waals surface area contributed by atoms with Gasteiger partial charge in [0.15, 0.2) is 0 Å². The first-order chi connectivity index (χ1) is 7.88. The number of hydrogen-bond acceptors (Lipinski definition) is 5. The predicted molar refractivity (Wildman–Crippen MR) is 57.6 cm³/mol. The molecule has 1 aliphatic heterocycles. The largest absolute Gasteiger partial charge is 0.480 e. The van der Waals surface area contributed by atoms with Gasteiger partial charge in [0.1, 0.15) is 12.1 Å². The zero-order chi connectivity index (χ0) is 13.2. The van der Waals surface area contributed by atoms with Gasteiger partial charge >= 0.3 is 12.0 Å². The number of nitrogens with one attached hydrogen (secondary N) is 2. The van der Waals surface area contributed by atoms with E-state index in [0.29, 0.717) is 0 Å². The molecule has 2 atom stereocenters. The van der Waals surface area contributed by atoms with E-state index in [1.807, 2.05) is 0 Å². The van der Waals surface area contributed by atoms with Gasteiger partial charge in [-0.25, -0.2) is 10.2 Å². The van der Waals surface area contributed by atoms with Crippen molar-refractivity contribution >= 4 is 17.9 Å². The average Bonchev–Trinajstić information content (AvgIpc) is 2.49. The van der Waals surface area contributed by atoms with E-state index in [2.05, 4.69) is 10.7 Å². The summed E-state index contributed by atoms with van der Waals surface area (Å²) in [7, 11) is 0. The quantitative estimate of drug-likeness (QED) is 0.264. The molecule has 1 heterocycles. The number of carboxylic acids is 1.